The fourth-order valence-electron chi connectivity index (χ4n) is 2.27. The number of amides is 2. The lowest BCUT2D eigenvalue weighted by Gasteiger charge is -2.10. The lowest BCUT2D eigenvalue weighted by Crippen LogP contribution is -2.43. The van der Waals surface area contributed by atoms with Gasteiger partial charge in [-0.15, -0.1) is 0 Å². The van der Waals surface area contributed by atoms with Crippen LogP contribution in [0.3, 0.4) is 0 Å². The normalized spacial score (nSPS) is 10.0. The maximum absolute atomic E-state index is 12.0. The second-order valence-electron chi connectivity index (χ2n) is 5.57. The topological polar surface area (TPSA) is 76.7 Å². The highest BCUT2D eigenvalue weighted by Crippen LogP contribution is 2.16. The Kier molecular flexibility index (Phi) is 6.39. The molecule has 0 saturated heterocycles. The van der Waals surface area contributed by atoms with Gasteiger partial charge in [0.25, 0.3) is 11.8 Å². The van der Waals surface area contributed by atoms with Crippen LogP contribution in [0.25, 0.3) is 0 Å². The standard InChI is InChI=1S/C19H22N2O4/c1-4-24-16-7-5-15(6-8-16)19(23)21-20-18(22)12-25-17-10-13(2)9-14(3)11-17/h5-11H,4,12H2,1-3H3,(H,20,22)(H,21,23). The van der Waals surface area contributed by atoms with Crippen LogP contribution in [0.2, 0.25) is 0 Å². The van der Waals surface area contributed by atoms with Crippen LogP contribution in [0.4, 0.5) is 0 Å². The number of rotatable bonds is 6. The number of hydrogen-bond acceptors (Lipinski definition) is 4. The zero-order valence-electron chi connectivity index (χ0n) is 14.6. The van der Waals surface area contributed by atoms with Crippen molar-refractivity contribution in [3.8, 4) is 11.5 Å². The van der Waals surface area contributed by atoms with E-state index in [1.54, 1.807) is 24.3 Å². The first kappa shape index (κ1) is 18.3. The van der Waals surface area contributed by atoms with Crippen molar-refractivity contribution < 1.29 is 19.1 Å². The molecule has 0 aliphatic rings. The summed E-state index contributed by atoms with van der Waals surface area (Å²) < 4.78 is 10.7. The number of ether oxygens (including phenoxy) is 2. The third-order valence-electron chi connectivity index (χ3n) is 3.31. The summed E-state index contributed by atoms with van der Waals surface area (Å²) >= 11 is 0. The van der Waals surface area contributed by atoms with E-state index in [2.05, 4.69) is 10.9 Å². The second-order valence-corrected chi connectivity index (χ2v) is 5.57. The number of hydrogen-bond donors (Lipinski definition) is 2. The molecular weight excluding hydrogens is 320 g/mol. The largest absolute Gasteiger partial charge is 0.494 e. The average molecular weight is 342 g/mol. The molecule has 2 rings (SSSR count). The first-order chi connectivity index (χ1) is 12.0. The van der Waals surface area contributed by atoms with Gasteiger partial charge in [0.2, 0.25) is 0 Å². The van der Waals surface area contributed by atoms with Crippen molar-refractivity contribution >= 4 is 11.8 Å². The summed E-state index contributed by atoms with van der Waals surface area (Å²) in [6.07, 6.45) is 0. The van der Waals surface area contributed by atoms with Crippen molar-refractivity contribution in [2.24, 2.45) is 0 Å². The first-order valence-corrected chi connectivity index (χ1v) is 8.01. The van der Waals surface area contributed by atoms with Gasteiger partial charge in [-0.1, -0.05) is 6.07 Å². The van der Waals surface area contributed by atoms with Gasteiger partial charge < -0.3 is 9.47 Å². The van der Waals surface area contributed by atoms with Crippen LogP contribution in [0.15, 0.2) is 42.5 Å². The monoisotopic (exact) mass is 342 g/mol. The molecule has 2 aromatic carbocycles. The minimum Gasteiger partial charge on any atom is -0.494 e. The Morgan fingerprint density at radius 3 is 2.12 bits per heavy atom. The molecule has 6 nitrogen and oxygen atoms in total. The van der Waals surface area contributed by atoms with Gasteiger partial charge >= 0.3 is 0 Å². The Hall–Kier alpha value is -3.02. The van der Waals surface area contributed by atoms with E-state index < -0.39 is 11.8 Å². The molecule has 0 spiro atoms. The van der Waals surface area contributed by atoms with Crippen molar-refractivity contribution in [1.82, 2.24) is 10.9 Å². The molecule has 0 atom stereocenters. The van der Waals surface area contributed by atoms with Gasteiger partial charge in [-0.05, 0) is 68.3 Å². The Morgan fingerprint density at radius 2 is 1.52 bits per heavy atom. The molecule has 0 aromatic heterocycles. The molecule has 2 N–H and O–H groups in total. The van der Waals surface area contributed by atoms with Crippen LogP contribution in [0, 0.1) is 13.8 Å². The molecule has 0 fully saturated rings. The van der Waals surface area contributed by atoms with Gasteiger partial charge in [0.1, 0.15) is 11.5 Å². The number of benzene rings is 2. The highest BCUT2D eigenvalue weighted by Gasteiger charge is 2.08. The number of aryl methyl sites for hydroxylation is 2. The van der Waals surface area contributed by atoms with Crippen LogP contribution in [0.5, 0.6) is 11.5 Å². The summed E-state index contributed by atoms with van der Waals surface area (Å²) in [6.45, 7) is 6.17. The maximum atomic E-state index is 12.0. The fraction of sp³-hybridized carbons (Fsp3) is 0.263. The lowest BCUT2D eigenvalue weighted by molar-refractivity contribution is -0.123. The third-order valence-corrected chi connectivity index (χ3v) is 3.31. The smallest absolute Gasteiger partial charge is 0.276 e. The Morgan fingerprint density at radius 1 is 0.880 bits per heavy atom. The van der Waals surface area contributed by atoms with Gasteiger partial charge in [-0.2, -0.15) is 0 Å². The van der Waals surface area contributed by atoms with E-state index in [1.165, 1.54) is 0 Å². The minimum absolute atomic E-state index is 0.188. The highest BCUT2D eigenvalue weighted by atomic mass is 16.5. The predicted molar refractivity (Wildman–Crippen MR) is 94.6 cm³/mol. The van der Waals surface area contributed by atoms with E-state index in [4.69, 9.17) is 9.47 Å². The Labute approximate surface area is 147 Å². The molecule has 132 valence electrons. The summed E-state index contributed by atoms with van der Waals surface area (Å²) in [6, 6.07) is 12.4. The second kappa shape index (κ2) is 8.73. The minimum atomic E-state index is -0.446. The van der Waals surface area contributed by atoms with Crippen molar-refractivity contribution in [3.05, 3.63) is 59.2 Å². The van der Waals surface area contributed by atoms with Crippen LogP contribution in [-0.2, 0) is 4.79 Å². The Balaban J connectivity index is 1.79. The molecule has 0 aliphatic carbocycles. The van der Waals surface area contributed by atoms with E-state index in [9.17, 15) is 9.59 Å². The molecule has 0 unspecified atom stereocenters. The van der Waals surface area contributed by atoms with Crippen molar-refractivity contribution in [2.45, 2.75) is 20.8 Å². The Bertz CT molecular complexity index is 721. The summed E-state index contributed by atoms with van der Waals surface area (Å²) in [5.41, 5.74) is 7.20. The zero-order valence-corrected chi connectivity index (χ0v) is 14.6. The molecule has 2 amide bonds. The SMILES string of the molecule is CCOc1ccc(C(=O)NNC(=O)COc2cc(C)cc(C)c2)cc1. The number of carbonyl (C=O) groups is 2. The third kappa shape index (κ3) is 5.84. The van der Waals surface area contributed by atoms with Crippen molar-refractivity contribution in [1.29, 1.82) is 0 Å². The molecular formula is C19H22N2O4. The van der Waals surface area contributed by atoms with Crippen molar-refractivity contribution in [2.75, 3.05) is 13.2 Å². The number of hydrazine groups is 1. The van der Waals surface area contributed by atoms with Gasteiger partial charge in [-0.3, -0.25) is 20.4 Å². The number of nitrogens with one attached hydrogen (secondary N) is 2. The molecule has 0 bridgehead atoms. The van der Waals surface area contributed by atoms with Crippen LogP contribution in [0.1, 0.15) is 28.4 Å². The van der Waals surface area contributed by atoms with E-state index >= 15 is 0 Å². The molecule has 25 heavy (non-hydrogen) atoms. The van der Waals surface area contributed by atoms with E-state index in [0.29, 0.717) is 23.7 Å². The van der Waals surface area contributed by atoms with Gasteiger partial charge in [0.15, 0.2) is 6.61 Å². The molecule has 0 heterocycles. The van der Waals surface area contributed by atoms with Crippen LogP contribution >= 0.6 is 0 Å². The van der Waals surface area contributed by atoms with Gasteiger partial charge in [0.05, 0.1) is 6.61 Å². The summed E-state index contributed by atoms with van der Waals surface area (Å²) in [5, 5.41) is 0. The molecule has 0 aliphatic heterocycles. The highest BCUT2D eigenvalue weighted by molar-refractivity contribution is 5.95. The van der Waals surface area contributed by atoms with Gasteiger partial charge in [-0.25, -0.2) is 0 Å². The summed E-state index contributed by atoms with van der Waals surface area (Å²) in [4.78, 5) is 23.8. The first-order valence-electron chi connectivity index (χ1n) is 8.01. The van der Waals surface area contributed by atoms with Crippen LogP contribution in [-0.4, -0.2) is 25.0 Å². The molecule has 2 aromatic rings. The average Bonchev–Trinajstić information content (AvgIpc) is 2.58. The quantitative estimate of drug-likeness (QED) is 0.791. The lowest BCUT2D eigenvalue weighted by atomic mass is 10.1. The maximum Gasteiger partial charge on any atom is 0.276 e. The molecule has 0 radical (unpaired) electrons. The summed E-state index contributed by atoms with van der Waals surface area (Å²) in [7, 11) is 0. The fourth-order valence-corrected chi connectivity index (χ4v) is 2.27. The molecule has 6 heteroatoms. The predicted octanol–water partition coefficient (Wildman–Crippen LogP) is 2.54. The van der Waals surface area contributed by atoms with Gasteiger partial charge in [0, 0.05) is 5.56 Å². The van der Waals surface area contributed by atoms with E-state index in [-0.39, 0.29) is 6.61 Å². The zero-order chi connectivity index (χ0) is 18.2. The van der Waals surface area contributed by atoms with E-state index in [0.717, 1.165) is 11.1 Å². The van der Waals surface area contributed by atoms with Crippen LogP contribution < -0.4 is 20.3 Å². The van der Waals surface area contributed by atoms with Crippen molar-refractivity contribution in [3.63, 3.8) is 0 Å². The van der Waals surface area contributed by atoms with E-state index in [1.807, 2.05) is 39.0 Å². The molecule has 0 saturated carbocycles. The summed E-state index contributed by atoms with van der Waals surface area (Å²) in [5.74, 6) is 0.441. The number of carbonyl (C=O) groups excluding carboxylic acids is 2.